The second-order valence-electron chi connectivity index (χ2n) is 4.93. The molecule has 0 aromatic heterocycles. The highest BCUT2D eigenvalue weighted by atomic mass is 19.1. The van der Waals surface area contributed by atoms with Gasteiger partial charge in [0.15, 0.2) is 0 Å². The van der Waals surface area contributed by atoms with Crippen LogP contribution in [0.5, 0.6) is 0 Å². The Bertz CT molecular complexity index is 458. The van der Waals surface area contributed by atoms with Crippen LogP contribution < -0.4 is 10.6 Å². The van der Waals surface area contributed by atoms with E-state index in [0.717, 1.165) is 19.5 Å². The number of benzene rings is 1. The number of nitrogens with zero attached hydrogens (tertiary/aromatic N) is 2. The maximum Gasteiger partial charge on any atom is 0.147 e. The number of anilines is 1. The fourth-order valence-corrected chi connectivity index (χ4v) is 2.31. The summed E-state index contributed by atoms with van der Waals surface area (Å²) in [6, 6.07) is 5.21. The number of rotatable bonds is 3. The number of hydrogen-bond donors (Lipinski definition) is 2. The number of nitrogens with two attached hydrogens (primary N) is 1. The van der Waals surface area contributed by atoms with Crippen molar-refractivity contribution in [2.75, 3.05) is 32.1 Å². The zero-order chi connectivity index (χ0) is 13.3. The van der Waals surface area contributed by atoms with Gasteiger partial charge in [0, 0.05) is 24.7 Å². The number of hydrogen-bond acceptors (Lipinski definition) is 3. The quantitative estimate of drug-likeness (QED) is 0.627. The summed E-state index contributed by atoms with van der Waals surface area (Å²) in [5.41, 5.74) is 6.38. The van der Waals surface area contributed by atoms with Gasteiger partial charge in [0.2, 0.25) is 0 Å². The van der Waals surface area contributed by atoms with Crippen molar-refractivity contribution in [3.05, 3.63) is 29.6 Å². The van der Waals surface area contributed by atoms with Crippen molar-refractivity contribution in [3.63, 3.8) is 0 Å². The average molecular weight is 250 g/mol. The van der Waals surface area contributed by atoms with Crippen LogP contribution in [-0.2, 0) is 0 Å². The minimum Gasteiger partial charge on any atom is -0.384 e. The summed E-state index contributed by atoms with van der Waals surface area (Å²) in [4.78, 5) is 4.21. The van der Waals surface area contributed by atoms with Gasteiger partial charge in [0.05, 0.1) is 5.69 Å². The van der Waals surface area contributed by atoms with Crippen molar-refractivity contribution in [1.29, 1.82) is 5.41 Å². The number of halogens is 1. The van der Waals surface area contributed by atoms with E-state index in [4.69, 9.17) is 11.1 Å². The first-order valence-electron chi connectivity index (χ1n) is 6.04. The molecule has 0 amide bonds. The Kier molecular flexibility index (Phi) is 3.52. The van der Waals surface area contributed by atoms with E-state index in [1.165, 1.54) is 6.07 Å². The first kappa shape index (κ1) is 12.8. The predicted octanol–water partition coefficient (Wildman–Crippen LogP) is 1.25. The molecule has 0 spiro atoms. The Labute approximate surface area is 107 Å². The second-order valence-corrected chi connectivity index (χ2v) is 4.93. The van der Waals surface area contributed by atoms with E-state index in [-0.39, 0.29) is 11.7 Å². The summed E-state index contributed by atoms with van der Waals surface area (Å²) >= 11 is 0. The summed E-state index contributed by atoms with van der Waals surface area (Å²) < 4.78 is 14.0. The number of nitrogens with one attached hydrogen (secondary N) is 1. The molecule has 1 aromatic carbocycles. The Morgan fingerprint density at radius 2 is 2.22 bits per heavy atom. The molecule has 1 atom stereocenters. The molecule has 1 fully saturated rings. The molecule has 1 saturated heterocycles. The van der Waals surface area contributed by atoms with Gasteiger partial charge in [-0.1, -0.05) is 0 Å². The number of amidine groups is 1. The maximum absolute atomic E-state index is 14.0. The molecule has 18 heavy (non-hydrogen) atoms. The Hall–Kier alpha value is -1.62. The summed E-state index contributed by atoms with van der Waals surface area (Å²) in [7, 11) is 4.09. The Morgan fingerprint density at radius 3 is 2.72 bits per heavy atom. The largest absolute Gasteiger partial charge is 0.384 e. The van der Waals surface area contributed by atoms with Crippen molar-refractivity contribution >= 4 is 11.5 Å². The highest BCUT2D eigenvalue weighted by Crippen LogP contribution is 2.25. The lowest BCUT2D eigenvalue weighted by Gasteiger charge is -2.22. The van der Waals surface area contributed by atoms with Crippen LogP contribution in [0.4, 0.5) is 10.1 Å². The van der Waals surface area contributed by atoms with Gasteiger partial charge in [-0.15, -0.1) is 0 Å². The van der Waals surface area contributed by atoms with Crippen LogP contribution in [0.15, 0.2) is 18.2 Å². The highest BCUT2D eigenvalue weighted by Gasteiger charge is 2.25. The van der Waals surface area contributed by atoms with Crippen LogP contribution in [0, 0.1) is 11.2 Å². The maximum atomic E-state index is 14.0. The van der Waals surface area contributed by atoms with Gasteiger partial charge in [0.25, 0.3) is 0 Å². The topological polar surface area (TPSA) is 56.4 Å². The van der Waals surface area contributed by atoms with Crippen molar-refractivity contribution in [3.8, 4) is 0 Å². The van der Waals surface area contributed by atoms with Gasteiger partial charge < -0.3 is 15.5 Å². The molecule has 1 aliphatic heterocycles. The fraction of sp³-hybridized carbons (Fsp3) is 0.462. The summed E-state index contributed by atoms with van der Waals surface area (Å²) in [6.45, 7) is 1.70. The molecule has 1 aliphatic rings. The van der Waals surface area contributed by atoms with Crippen LogP contribution in [0.25, 0.3) is 0 Å². The molecule has 2 rings (SSSR count). The molecule has 0 bridgehead atoms. The monoisotopic (exact) mass is 250 g/mol. The lowest BCUT2D eigenvalue weighted by molar-refractivity contribution is 0.315. The van der Waals surface area contributed by atoms with E-state index in [1.807, 2.05) is 19.0 Å². The molecule has 1 heterocycles. The van der Waals surface area contributed by atoms with Crippen LogP contribution in [0.3, 0.4) is 0 Å². The normalized spacial score (nSPS) is 19.6. The summed E-state index contributed by atoms with van der Waals surface area (Å²) in [5, 5.41) is 7.29. The third-order valence-electron chi connectivity index (χ3n) is 3.49. The molecule has 5 heteroatoms. The molecule has 1 unspecified atom stereocenters. The van der Waals surface area contributed by atoms with E-state index in [9.17, 15) is 4.39 Å². The van der Waals surface area contributed by atoms with Crippen LogP contribution in [0.2, 0.25) is 0 Å². The highest BCUT2D eigenvalue weighted by molar-refractivity contribution is 5.95. The van der Waals surface area contributed by atoms with Gasteiger partial charge in [0.1, 0.15) is 11.7 Å². The van der Waals surface area contributed by atoms with Gasteiger partial charge in [-0.3, -0.25) is 5.41 Å². The Balaban J connectivity index is 2.18. The molecule has 0 aliphatic carbocycles. The molecule has 3 N–H and O–H groups in total. The minimum atomic E-state index is -0.304. The zero-order valence-electron chi connectivity index (χ0n) is 10.8. The van der Waals surface area contributed by atoms with Crippen molar-refractivity contribution in [2.45, 2.75) is 12.5 Å². The molecule has 4 nitrogen and oxygen atoms in total. The third kappa shape index (κ3) is 2.46. The molecule has 0 radical (unpaired) electrons. The van der Waals surface area contributed by atoms with Crippen LogP contribution in [0.1, 0.15) is 12.0 Å². The molecular formula is C13H19FN4. The van der Waals surface area contributed by atoms with Gasteiger partial charge in [-0.05, 0) is 38.7 Å². The average Bonchev–Trinajstić information content (AvgIpc) is 2.78. The molecular weight excluding hydrogens is 231 g/mol. The van der Waals surface area contributed by atoms with E-state index in [2.05, 4.69) is 4.90 Å². The zero-order valence-corrected chi connectivity index (χ0v) is 10.8. The Morgan fingerprint density at radius 1 is 1.50 bits per heavy atom. The van der Waals surface area contributed by atoms with Gasteiger partial charge in [-0.25, -0.2) is 4.39 Å². The predicted molar refractivity (Wildman–Crippen MR) is 71.7 cm³/mol. The lowest BCUT2D eigenvalue weighted by Crippen LogP contribution is -2.31. The molecule has 98 valence electrons. The van der Waals surface area contributed by atoms with Crippen LogP contribution >= 0.6 is 0 Å². The third-order valence-corrected chi connectivity index (χ3v) is 3.49. The van der Waals surface area contributed by atoms with E-state index >= 15 is 0 Å². The standard InChI is InChI=1S/C13H19FN4/c1-17(2)10-5-6-18(8-10)12-4-3-9(13(15)16)7-11(12)14/h3-4,7,10H,5-6,8H2,1-2H3,(H3,15,16). The summed E-state index contributed by atoms with van der Waals surface area (Å²) in [5.74, 6) is -0.407. The molecule has 0 saturated carbocycles. The second kappa shape index (κ2) is 4.94. The van der Waals surface area contributed by atoms with Gasteiger partial charge in [-0.2, -0.15) is 0 Å². The number of nitrogen functional groups attached to an aromatic ring is 1. The number of likely N-dealkylation sites (N-methyl/N-ethyl adjacent to an activating group) is 1. The van der Waals surface area contributed by atoms with Crippen molar-refractivity contribution < 1.29 is 4.39 Å². The van der Waals surface area contributed by atoms with Crippen LogP contribution in [-0.4, -0.2) is 44.0 Å². The smallest absolute Gasteiger partial charge is 0.147 e. The fourth-order valence-electron chi connectivity index (χ4n) is 2.31. The summed E-state index contributed by atoms with van der Waals surface area (Å²) in [6.07, 6.45) is 1.04. The van der Waals surface area contributed by atoms with Crippen molar-refractivity contribution in [1.82, 2.24) is 4.90 Å². The molecule has 1 aromatic rings. The SMILES string of the molecule is CN(C)C1CCN(c2ccc(C(=N)N)cc2F)C1. The first-order chi connectivity index (χ1) is 8.49. The lowest BCUT2D eigenvalue weighted by atomic mass is 10.1. The van der Waals surface area contributed by atoms with Gasteiger partial charge >= 0.3 is 0 Å². The first-order valence-corrected chi connectivity index (χ1v) is 6.04. The minimum absolute atomic E-state index is 0.104. The van der Waals surface area contributed by atoms with E-state index < -0.39 is 0 Å². The van der Waals surface area contributed by atoms with E-state index in [0.29, 0.717) is 17.3 Å². The van der Waals surface area contributed by atoms with E-state index in [1.54, 1.807) is 12.1 Å². The van der Waals surface area contributed by atoms with Crippen molar-refractivity contribution in [2.24, 2.45) is 5.73 Å².